The zero-order chi connectivity index (χ0) is 17.8. The highest BCUT2D eigenvalue weighted by molar-refractivity contribution is 7.80. The van der Waals surface area contributed by atoms with E-state index in [9.17, 15) is 4.79 Å². The standard InChI is InChI=1S/C18H21N3O2S2/c1-3-23-17(22)14-12-8-4-5-9-13(12)25-16(14)21-18(24)20-15-11(2)7-6-10-19-15/h6-7,10H,3-5,8-9H2,1-2H3,(H2,19,20,21,24). The molecule has 25 heavy (non-hydrogen) atoms. The van der Waals surface area contributed by atoms with Crippen molar-refractivity contribution in [3.8, 4) is 0 Å². The lowest BCUT2D eigenvalue weighted by Gasteiger charge is -2.13. The molecule has 7 heteroatoms. The van der Waals surface area contributed by atoms with E-state index in [4.69, 9.17) is 17.0 Å². The van der Waals surface area contributed by atoms with Gasteiger partial charge in [0.15, 0.2) is 5.11 Å². The molecule has 2 heterocycles. The third kappa shape index (κ3) is 3.99. The molecule has 2 aromatic rings. The number of hydrogen-bond donors (Lipinski definition) is 2. The quantitative estimate of drug-likeness (QED) is 0.613. The SMILES string of the molecule is CCOC(=O)c1c(NC(=S)Nc2ncccc2C)sc2c1CCCC2. The molecule has 132 valence electrons. The van der Waals surface area contributed by atoms with Crippen LogP contribution in [-0.2, 0) is 17.6 Å². The number of anilines is 2. The first-order valence-corrected chi connectivity index (χ1v) is 9.64. The largest absolute Gasteiger partial charge is 0.462 e. The van der Waals surface area contributed by atoms with Crippen molar-refractivity contribution in [2.24, 2.45) is 0 Å². The molecule has 2 N–H and O–H groups in total. The average Bonchev–Trinajstić information content (AvgIpc) is 2.95. The third-order valence-corrected chi connectivity index (χ3v) is 5.53. The van der Waals surface area contributed by atoms with E-state index in [2.05, 4.69) is 15.6 Å². The van der Waals surface area contributed by atoms with E-state index in [0.29, 0.717) is 23.1 Å². The average molecular weight is 376 g/mol. The normalized spacial score (nSPS) is 13.0. The van der Waals surface area contributed by atoms with Crippen molar-refractivity contribution in [1.29, 1.82) is 0 Å². The summed E-state index contributed by atoms with van der Waals surface area (Å²) in [7, 11) is 0. The number of aryl methyl sites for hydroxylation is 2. The summed E-state index contributed by atoms with van der Waals surface area (Å²) in [5.74, 6) is 0.431. The van der Waals surface area contributed by atoms with Gasteiger partial charge in [-0.1, -0.05) is 6.07 Å². The summed E-state index contributed by atoms with van der Waals surface area (Å²) in [4.78, 5) is 18.0. The predicted molar refractivity (Wildman–Crippen MR) is 106 cm³/mol. The number of rotatable bonds is 4. The van der Waals surface area contributed by atoms with Crippen LogP contribution in [0.3, 0.4) is 0 Å². The Bertz CT molecular complexity index is 802. The Morgan fingerprint density at radius 2 is 2.16 bits per heavy atom. The molecule has 0 saturated heterocycles. The highest BCUT2D eigenvalue weighted by Crippen LogP contribution is 2.38. The number of hydrogen-bond acceptors (Lipinski definition) is 5. The number of carbonyl (C=O) groups excluding carboxylic acids is 1. The van der Waals surface area contributed by atoms with Crippen molar-refractivity contribution in [3.05, 3.63) is 39.9 Å². The fourth-order valence-corrected chi connectivity index (χ4v) is 4.48. The molecule has 0 bridgehead atoms. The monoisotopic (exact) mass is 375 g/mol. The van der Waals surface area contributed by atoms with Crippen molar-refractivity contribution in [1.82, 2.24) is 4.98 Å². The minimum absolute atomic E-state index is 0.277. The van der Waals surface area contributed by atoms with E-state index in [1.54, 1.807) is 17.5 Å². The Labute approximate surface area is 156 Å². The molecule has 0 saturated carbocycles. The Kier molecular flexibility index (Phi) is 5.65. The van der Waals surface area contributed by atoms with Gasteiger partial charge in [-0.2, -0.15) is 0 Å². The molecule has 0 aliphatic heterocycles. The zero-order valence-corrected chi connectivity index (χ0v) is 16.0. The van der Waals surface area contributed by atoms with Crippen LogP contribution in [0, 0.1) is 6.92 Å². The second kappa shape index (κ2) is 7.93. The molecule has 0 spiro atoms. The maximum absolute atomic E-state index is 12.5. The Hall–Kier alpha value is -1.99. The first kappa shape index (κ1) is 17.8. The number of esters is 1. The van der Waals surface area contributed by atoms with Gasteiger partial charge < -0.3 is 15.4 Å². The van der Waals surface area contributed by atoms with Crippen LogP contribution in [-0.4, -0.2) is 22.7 Å². The van der Waals surface area contributed by atoms with Crippen molar-refractivity contribution in [2.45, 2.75) is 39.5 Å². The molecule has 1 aliphatic rings. The first-order chi connectivity index (χ1) is 12.1. The predicted octanol–water partition coefficient (Wildman–Crippen LogP) is 4.32. The van der Waals surface area contributed by atoms with Crippen LogP contribution in [0.1, 0.15) is 46.1 Å². The van der Waals surface area contributed by atoms with Gasteiger partial charge in [0.25, 0.3) is 0 Å². The number of carbonyl (C=O) groups is 1. The highest BCUT2D eigenvalue weighted by Gasteiger charge is 2.26. The lowest BCUT2D eigenvalue weighted by Crippen LogP contribution is -2.21. The van der Waals surface area contributed by atoms with Crippen LogP contribution in [0.15, 0.2) is 18.3 Å². The topological polar surface area (TPSA) is 63.2 Å². The number of thiophene rings is 1. The van der Waals surface area contributed by atoms with E-state index in [0.717, 1.165) is 41.8 Å². The number of fused-ring (bicyclic) bond motifs is 1. The number of aromatic nitrogens is 1. The van der Waals surface area contributed by atoms with Gasteiger partial charge in [-0.25, -0.2) is 9.78 Å². The molecule has 5 nitrogen and oxygen atoms in total. The van der Waals surface area contributed by atoms with E-state index in [-0.39, 0.29) is 5.97 Å². The highest BCUT2D eigenvalue weighted by atomic mass is 32.1. The smallest absolute Gasteiger partial charge is 0.341 e. The minimum atomic E-state index is -0.277. The van der Waals surface area contributed by atoms with Crippen molar-refractivity contribution >= 4 is 45.5 Å². The minimum Gasteiger partial charge on any atom is -0.462 e. The summed E-state index contributed by atoms with van der Waals surface area (Å²) in [6.07, 6.45) is 5.90. The molecule has 1 aliphatic carbocycles. The van der Waals surface area contributed by atoms with Gasteiger partial charge in [-0.3, -0.25) is 0 Å². The van der Waals surface area contributed by atoms with Gasteiger partial charge >= 0.3 is 5.97 Å². The van der Waals surface area contributed by atoms with E-state index in [1.807, 2.05) is 26.0 Å². The lowest BCUT2D eigenvalue weighted by atomic mass is 9.95. The van der Waals surface area contributed by atoms with Gasteiger partial charge in [-0.05, 0) is 68.9 Å². The van der Waals surface area contributed by atoms with Crippen LogP contribution < -0.4 is 10.6 Å². The van der Waals surface area contributed by atoms with E-state index < -0.39 is 0 Å². The summed E-state index contributed by atoms with van der Waals surface area (Å²) >= 11 is 7.02. The first-order valence-electron chi connectivity index (χ1n) is 8.41. The molecule has 0 radical (unpaired) electrons. The fraction of sp³-hybridized carbons (Fsp3) is 0.389. The summed E-state index contributed by atoms with van der Waals surface area (Å²) in [5, 5.41) is 7.46. The van der Waals surface area contributed by atoms with Crippen LogP contribution in [0.25, 0.3) is 0 Å². The Balaban J connectivity index is 1.84. The maximum Gasteiger partial charge on any atom is 0.341 e. The summed E-state index contributed by atoms with van der Waals surface area (Å²) < 4.78 is 5.26. The Morgan fingerprint density at radius 1 is 1.36 bits per heavy atom. The molecular weight excluding hydrogens is 354 g/mol. The molecule has 0 atom stereocenters. The number of nitrogens with zero attached hydrogens (tertiary/aromatic N) is 1. The second-order valence-corrected chi connectivity index (χ2v) is 7.40. The van der Waals surface area contributed by atoms with Crippen LogP contribution in [0.2, 0.25) is 0 Å². The van der Waals surface area contributed by atoms with Crippen molar-refractivity contribution in [2.75, 3.05) is 17.2 Å². The Morgan fingerprint density at radius 3 is 2.92 bits per heavy atom. The summed E-state index contributed by atoms with van der Waals surface area (Å²) in [6.45, 7) is 4.14. The number of pyridine rings is 1. The molecule has 0 amide bonds. The van der Waals surface area contributed by atoms with Gasteiger partial charge in [0.1, 0.15) is 10.8 Å². The van der Waals surface area contributed by atoms with Crippen molar-refractivity contribution < 1.29 is 9.53 Å². The second-order valence-electron chi connectivity index (χ2n) is 5.88. The van der Waals surface area contributed by atoms with Gasteiger partial charge in [-0.15, -0.1) is 11.3 Å². The third-order valence-electron chi connectivity index (χ3n) is 4.12. The summed E-state index contributed by atoms with van der Waals surface area (Å²) in [5.41, 5.74) is 2.76. The van der Waals surface area contributed by atoms with Crippen LogP contribution >= 0.6 is 23.6 Å². The lowest BCUT2D eigenvalue weighted by molar-refractivity contribution is 0.0526. The van der Waals surface area contributed by atoms with Crippen molar-refractivity contribution in [3.63, 3.8) is 0 Å². The van der Waals surface area contributed by atoms with Gasteiger partial charge in [0.05, 0.1) is 12.2 Å². The molecule has 2 aromatic heterocycles. The number of nitrogens with one attached hydrogen (secondary N) is 2. The zero-order valence-electron chi connectivity index (χ0n) is 14.3. The van der Waals surface area contributed by atoms with Crippen LogP contribution in [0.5, 0.6) is 0 Å². The maximum atomic E-state index is 12.5. The molecule has 0 aromatic carbocycles. The van der Waals surface area contributed by atoms with Crippen LogP contribution in [0.4, 0.5) is 10.8 Å². The van der Waals surface area contributed by atoms with Gasteiger partial charge in [0.2, 0.25) is 0 Å². The van der Waals surface area contributed by atoms with E-state index >= 15 is 0 Å². The number of thiocarbonyl (C=S) groups is 1. The molecule has 0 unspecified atom stereocenters. The van der Waals surface area contributed by atoms with E-state index in [1.165, 1.54) is 4.88 Å². The number of ether oxygens (including phenoxy) is 1. The molecule has 0 fully saturated rings. The molecule has 3 rings (SSSR count). The fourth-order valence-electron chi connectivity index (χ4n) is 2.93. The molecular formula is C18H21N3O2S2. The summed E-state index contributed by atoms with van der Waals surface area (Å²) in [6, 6.07) is 3.84. The van der Waals surface area contributed by atoms with Gasteiger partial charge in [0, 0.05) is 11.1 Å².